The average molecular weight is 484 g/mol. The highest BCUT2D eigenvalue weighted by Gasteiger charge is 2.31. The van der Waals surface area contributed by atoms with E-state index >= 15 is 0 Å². The Morgan fingerprint density at radius 2 is 1.65 bits per heavy atom. The van der Waals surface area contributed by atoms with E-state index < -0.39 is 52.9 Å². The van der Waals surface area contributed by atoms with Gasteiger partial charge in [0.15, 0.2) is 5.78 Å². The molecule has 0 radical (unpaired) electrons. The van der Waals surface area contributed by atoms with Crippen molar-refractivity contribution in [3.05, 3.63) is 77.4 Å². The molecule has 0 fully saturated rings. The third kappa shape index (κ3) is 6.03. The van der Waals surface area contributed by atoms with Crippen LogP contribution >= 0.6 is 0 Å². The maximum Gasteiger partial charge on any atom is 0.573 e. The zero-order valence-corrected chi connectivity index (χ0v) is 17.1. The summed E-state index contributed by atoms with van der Waals surface area (Å²) in [5.74, 6) is -4.31. The van der Waals surface area contributed by atoms with E-state index in [-0.39, 0.29) is 17.1 Å². The Morgan fingerprint density at radius 1 is 1.00 bits per heavy atom. The van der Waals surface area contributed by atoms with Gasteiger partial charge in [-0.2, -0.15) is 0 Å². The highest BCUT2D eigenvalue weighted by atomic mass is 19.4. The number of carbonyl (C=O) groups is 2. The molecule has 178 valence electrons. The summed E-state index contributed by atoms with van der Waals surface area (Å²) in [6.07, 6.45) is -6.96. The van der Waals surface area contributed by atoms with Gasteiger partial charge in [0.2, 0.25) is 0 Å². The summed E-state index contributed by atoms with van der Waals surface area (Å²) in [6.45, 7) is 1.23. The molecule has 12 heteroatoms. The Balaban J connectivity index is 1.94. The Hall–Kier alpha value is -4.09. The van der Waals surface area contributed by atoms with Gasteiger partial charge in [-0.05, 0) is 48.5 Å². The predicted octanol–water partition coefficient (Wildman–Crippen LogP) is 6.30. The van der Waals surface area contributed by atoms with Gasteiger partial charge in [-0.1, -0.05) is 0 Å². The number of aromatic nitrogens is 1. The number of pyridine rings is 1. The zero-order valence-electron chi connectivity index (χ0n) is 17.1. The van der Waals surface area contributed by atoms with Gasteiger partial charge in [-0.25, -0.2) is 13.2 Å². The number of ether oxygens (including phenoxy) is 2. The second-order valence-corrected chi connectivity index (χ2v) is 6.70. The number of hydrogen-bond donors (Lipinski definition) is 1. The van der Waals surface area contributed by atoms with Crippen molar-refractivity contribution in [3.63, 3.8) is 0 Å². The number of alkyl halides is 5. The standard InChI is InChI=1S/C22H14F6N2O4/c1-11(31)16-10-12(8-9-29-16)30-21(32)18-17(7-6-15(19(18)23)20(24)25)33-13-2-4-14(5-3-13)34-22(26,27)28/h2-10,20H,1H3,(H,29,30,32). The first-order chi connectivity index (χ1) is 15.9. The Kier molecular flexibility index (Phi) is 7.08. The molecule has 0 atom stereocenters. The van der Waals surface area contributed by atoms with Crippen molar-refractivity contribution in [1.29, 1.82) is 0 Å². The zero-order chi connectivity index (χ0) is 25.0. The molecule has 3 aromatic rings. The van der Waals surface area contributed by atoms with E-state index in [1.807, 2.05) is 0 Å². The van der Waals surface area contributed by atoms with E-state index in [9.17, 15) is 35.9 Å². The lowest BCUT2D eigenvalue weighted by atomic mass is 10.1. The Bertz CT molecular complexity index is 1210. The molecule has 0 aliphatic carbocycles. The number of amides is 1. The van der Waals surface area contributed by atoms with E-state index in [2.05, 4.69) is 15.0 Å². The molecule has 0 spiro atoms. The van der Waals surface area contributed by atoms with E-state index in [1.165, 1.54) is 25.3 Å². The number of rotatable bonds is 7. The van der Waals surface area contributed by atoms with Gasteiger partial charge in [0.1, 0.15) is 34.3 Å². The largest absolute Gasteiger partial charge is 0.573 e. The Labute approximate surface area is 188 Å². The maximum atomic E-state index is 14.9. The van der Waals surface area contributed by atoms with E-state index in [1.54, 1.807) is 0 Å². The summed E-state index contributed by atoms with van der Waals surface area (Å²) in [7, 11) is 0. The molecule has 2 aromatic carbocycles. The number of ketones is 1. The molecule has 1 N–H and O–H groups in total. The summed E-state index contributed by atoms with van der Waals surface area (Å²) in [4.78, 5) is 28.1. The van der Waals surface area contributed by atoms with Gasteiger partial charge >= 0.3 is 6.36 Å². The van der Waals surface area contributed by atoms with E-state index in [4.69, 9.17) is 4.74 Å². The minimum Gasteiger partial charge on any atom is -0.456 e. The van der Waals surface area contributed by atoms with Crippen LogP contribution in [0.15, 0.2) is 54.7 Å². The number of Topliss-reactive ketones (excluding diaryl/α,β-unsaturated/α-hetero) is 1. The lowest BCUT2D eigenvalue weighted by molar-refractivity contribution is -0.274. The summed E-state index contributed by atoms with van der Waals surface area (Å²) < 4.78 is 87.3. The van der Waals surface area contributed by atoms with Crippen LogP contribution < -0.4 is 14.8 Å². The normalized spacial score (nSPS) is 11.3. The van der Waals surface area contributed by atoms with E-state index in [0.717, 1.165) is 30.3 Å². The van der Waals surface area contributed by atoms with Crippen LogP contribution in [0.4, 0.5) is 32.0 Å². The van der Waals surface area contributed by atoms with Crippen LogP contribution in [-0.2, 0) is 0 Å². The first-order valence-corrected chi connectivity index (χ1v) is 9.37. The highest BCUT2D eigenvalue weighted by Crippen LogP contribution is 2.34. The molecule has 0 aliphatic heterocycles. The molecule has 0 aliphatic rings. The molecular formula is C22H14F6N2O4. The molecule has 1 aromatic heterocycles. The maximum absolute atomic E-state index is 14.9. The molecule has 34 heavy (non-hydrogen) atoms. The van der Waals surface area contributed by atoms with Gasteiger partial charge in [0.25, 0.3) is 12.3 Å². The van der Waals surface area contributed by atoms with Crippen molar-refractivity contribution >= 4 is 17.4 Å². The molecule has 1 amide bonds. The monoisotopic (exact) mass is 484 g/mol. The number of halogens is 6. The Morgan fingerprint density at radius 3 is 2.24 bits per heavy atom. The van der Waals surface area contributed by atoms with Gasteiger partial charge in [0, 0.05) is 18.8 Å². The molecule has 0 bridgehead atoms. The molecule has 3 rings (SSSR count). The lowest BCUT2D eigenvalue weighted by Crippen LogP contribution is -2.17. The topological polar surface area (TPSA) is 77.5 Å². The third-order valence-electron chi connectivity index (χ3n) is 4.26. The van der Waals surface area contributed by atoms with E-state index in [0.29, 0.717) is 6.07 Å². The van der Waals surface area contributed by atoms with Gasteiger partial charge in [-0.3, -0.25) is 14.6 Å². The number of nitrogens with zero attached hydrogens (tertiary/aromatic N) is 1. The van der Waals surface area contributed by atoms with Crippen molar-refractivity contribution in [1.82, 2.24) is 4.98 Å². The fraction of sp³-hybridized carbons (Fsp3) is 0.136. The van der Waals surface area contributed by atoms with Crippen molar-refractivity contribution in [3.8, 4) is 17.2 Å². The SMILES string of the molecule is CC(=O)c1cc(NC(=O)c2c(Oc3ccc(OC(F)(F)F)cc3)ccc(C(F)F)c2F)ccn1. The molecule has 0 saturated heterocycles. The second kappa shape index (κ2) is 9.81. The highest BCUT2D eigenvalue weighted by molar-refractivity contribution is 6.07. The first-order valence-electron chi connectivity index (χ1n) is 9.37. The molecule has 0 saturated carbocycles. The number of carbonyl (C=O) groups excluding carboxylic acids is 2. The fourth-order valence-electron chi connectivity index (χ4n) is 2.77. The molecule has 1 heterocycles. The van der Waals surface area contributed by atoms with Crippen LogP contribution in [-0.4, -0.2) is 23.0 Å². The number of benzene rings is 2. The van der Waals surface area contributed by atoms with Crippen molar-refractivity contribution in [2.45, 2.75) is 19.7 Å². The number of nitrogens with one attached hydrogen (secondary N) is 1. The number of anilines is 1. The van der Waals surface area contributed by atoms with Crippen LogP contribution in [0.2, 0.25) is 0 Å². The third-order valence-corrected chi connectivity index (χ3v) is 4.26. The predicted molar refractivity (Wildman–Crippen MR) is 107 cm³/mol. The fourth-order valence-corrected chi connectivity index (χ4v) is 2.77. The van der Waals surface area contributed by atoms with Gasteiger partial charge < -0.3 is 14.8 Å². The molecular weight excluding hydrogens is 470 g/mol. The minimum atomic E-state index is -4.92. The smallest absolute Gasteiger partial charge is 0.456 e. The average Bonchev–Trinajstić information content (AvgIpc) is 2.74. The number of hydrogen-bond acceptors (Lipinski definition) is 5. The van der Waals surface area contributed by atoms with Crippen LogP contribution in [0.5, 0.6) is 17.2 Å². The van der Waals surface area contributed by atoms with Crippen molar-refractivity contribution in [2.24, 2.45) is 0 Å². The van der Waals surface area contributed by atoms with Gasteiger partial charge in [0.05, 0.1) is 5.56 Å². The van der Waals surface area contributed by atoms with Crippen LogP contribution in [0, 0.1) is 5.82 Å². The molecule has 0 unspecified atom stereocenters. The van der Waals surface area contributed by atoms with Crippen LogP contribution in [0.1, 0.15) is 39.8 Å². The quantitative estimate of drug-likeness (QED) is 0.314. The summed E-state index contributed by atoms with van der Waals surface area (Å²) >= 11 is 0. The summed E-state index contributed by atoms with van der Waals surface area (Å²) in [6, 6.07) is 8.04. The van der Waals surface area contributed by atoms with Crippen molar-refractivity contribution < 1.29 is 45.4 Å². The second-order valence-electron chi connectivity index (χ2n) is 6.70. The van der Waals surface area contributed by atoms with Crippen LogP contribution in [0.25, 0.3) is 0 Å². The minimum absolute atomic E-state index is 0.00255. The van der Waals surface area contributed by atoms with Gasteiger partial charge in [-0.15, -0.1) is 13.2 Å². The summed E-state index contributed by atoms with van der Waals surface area (Å²) in [5.41, 5.74) is -1.91. The lowest BCUT2D eigenvalue weighted by Gasteiger charge is -2.15. The van der Waals surface area contributed by atoms with Crippen LogP contribution in [0.3, 0.4) is 0 Å². The van der Waals surface area contributed by atoms with Crippen molar-refractivity contribution in [2.75, 3.05) is 5.32 Å². The summed E-state index contributed by atoms with van der Waals surface area (Å²) in [5, 5.41) is 2.28. The first kappa shape index (κ1) is 24.6. The molecule has 6 nitrogen and oxygen atoms in total.